The monoisotopic (exact) mass is 960 g/mol. The fraction of sp³-hybridized carbons (Fsp3) is 0.847. The van der Waals surface area contributed by atoms with E-state index in [1.165, 1.54) is 167 Å². The number of nitrogens with zero attached hydrogens (tertiary/aromatic N) is 1. The van der Waals surface area contributed by atoms with Crippen LogP contribution in [-0.4, -0.2) is 82.3 Å². The molecule has 0 saturated heterocycles. The summed E-state index contributed by atoms with van der Waals surface area (Å²) in [4.78, 5) is 37.1. The Morgan fingerprint density at radius 2 is 0.824 bits per heavy atom. The van der Waals surface area contributed by atoms with Crippen LogP contribution in [0.5, 0.6) is 0 Å². The number of likely N-dealkylation sites (N-methyl/N-ethyl adjacent to an activating group) is 1. The number of allylic oxidation sites excluding steroid dienone is 6. The number of quaternary nitrogens is 1. The third-order valence-electron chi connectivity index (χ3n) is 12.6. The average molecular weight is 961 g/mol. The number of rotatable bonds is 53. The lowest BCUT2D eigenvalue weighted by Crippen LogP contribution is -2.44. The number of hydrogen-bond donors (Lipinski definition) is 0. The maximum Gasteiger partial charge on any atom is 0.306 e. The summed E-state index contributed by atoms with van der Waals surface area (Å²) in [5, 5.41) is 11.7. The first-order valence-corrected chi connectivity index (χ1v) is 28.6. The van der Waals surface area contributed by atoms with E-state index in [1.54, 1.807) is 0 Å². The summed E-state index contributed by atoms with van der Waals surface area (Å²) in [6.07, 6.45) is 58.0. The molecular weight excluding hydrogens is 851 g/mol. The SMILES string of the molecule is CCC/C=C\CCCCCCCC(=O)OCC(COC(OCC[N+](C)(C)C)C(=O)[O-])OC(=O)CCCCCCCCCCCCCCCCCCCCCCC/C=C\C/C=C\CCCCCCC. The molecule has 2 unspecified atom stereocenters. The number of hydrogen-bond acceptors (Lipinski definition) is 8. The molecule has 0 aliphatic rings. The number of unbranched alkanes of at least 4 members (excludes halogenated alkanes) is 32. The van der Waals surface area contributed by atoms with Crippen LogP contribution >= 0.6 is 0 Å². The van der Waals surface area contributed by atoms with Crippen molar-refractivity contribution in [1.29, 1.82) is 0 Å². The van der Waals surface area contributed by atoms with E-state index in [0.717, 1.165) is 64.2 Å². The first kappa shape index (κ1) is 65.5. The van der Waals surface area contributed by atoms with Crippen molar-refractivity contribution in [3.63, 3.8) is 0 Å². The highest BCUT2D eigenvalue weighted by Crippen LogP contribution is 2.17. The van der Waals surface area contributed by atoms with E-state index in [1.807, 2.05) is 21.1 Å². The van der Waals surface area contributed by atoms with Crippen LogP contribution in [0.15, 0.2) is 36.5 Å². The number of carbonyl (C=O) groups is 3. The van der Waals surface area contributed by atoms with Gasteiger partial charge in [0.15, 0.2) is 12.4 Å². The summed E-state index contributed by atoms with van der Waals surface area (Å²) in [6.45, 7) is 4.68. The largest absolute Gasteiger partial charge is 0.545 e. The first-order valence-electron chi connectivity index (χ1n) is 28.6. The zero-order chi connectivity index (χ0) is 49.9. The van der Waals surface area contributed by atoms with E-state index < -0.39 is 24.3 Å². The second-order valence-corrected chi connectivity index (χ2v) is 20.6. The van der Waals surface area contributed by atoms with Gasteiger partial charge in [0.2, 0.25) is 0 Å². The van der Waals surface area contributed by atoms with E-state index in [0.29, 0.717) is 17.4 Å². The summed E-state index contributed by atoms with van der Waals surface area (Å²) in [5.41, 5.74) is 0. The highest BCUT2D eigenvalue weighted by atomic mass is 16.7. The maximum atomic E-state index is 12.8. The Morgan fingerprint density at radius 1 is 0.441 bits per heavy atom. The summed E-state index contributed by atoms with van der Waals surface area (Å²) in [6, 6.07) is 0. The van der Waals surface area contributed by atoms with Crippen molar-refractivity contribution < 1.29 is 42.9 Å². The van der Waals surface area contributed by atoms with Gasteiger partial charge in [0, 0.05) is 12.8 Å². The number of carbonyl (C=O) groups excluding carboxylic acids is 3. The molecule has 0 aromatic heterocycles. The molecular formula is C59H109NO8. The average Bonchev–Trinajstić information content (AvgIpc) is 3.30. The van der Waals surface area contributed by atoms with Crippen LogP contribution in [0.3, 0.4) is 0 Å². The van der Waals surface area contributed by atoms with Gasteiger partial charge in [-0.05, 0) is 64.2 Å². The van der Waals surface area contributed by atoms with Crippen LogP contribution in [-0.2, 0) is 33.3 Å². The molecule has 0 N–H and O–H groups in total. The molecule has 0 spiro atoms. The molecule has 9 heteroatoms. The van der Waals surface area contributed by atoms with Gasteiger partial charge in [0.1, 0.15) is 13.2 Å². The fourth-order valence-corrected chi connectivity index (χ4v) is 8.16. The van der Waals surface area contributed by atoms with Gasteiger partial charge in [-0.2, -0.15) is 0 Å². The molecule has 0 amide bonds. The minimum Gasteiger partial charge on any atom is -0.545 e. The molecule has 398 valence electrons. The Bertz CT molecular complexity index is 1210. The van der Waals surface area contributed by atoms with Gasteiger partial charge in [-0.3, -0.25) is 9.59 Å². The van der Waals surface area contributed by atoms with Gasteiger partial charge in [0.05, 0.1) is 40.3 Å². The second-order valence-electron chi connectivity index (χ2n) is 20.6. The van der Waals surface area contributed by atoms with E-state index in [9.17, 15) is 19.5 Å². The van der Waals surface area contributed by atoms with E-state index in [2.05, 4.69) is 50.3 Å². The smallest absolute Gasteiger partial charge is 0.306 e. The van der Waals surface area contributed by atoms with Crippen molar-refractivity contribution >= 4 is 17.9 Å². The summed E-state index contributed by atoms with van der Waals surface area (Å²) in [5.74, 6) is -2.29. The van der Waals surface area contributed by atoms with Crippen molar-refractivity contribution in [3.8, 4) is 0 Å². The summed E-state index contributed by atoms with van der Waals surface area (Å²) in [7, 11) is 5.92. The van der Waals surface area contributed by atoms with Gasteiger partial charge < -0.3 is 33.3 Å². The molecule has 0 aromatic carbocycles. The Hall–Kier alpha value is -2.49. The highest BCUT2D eigenvalue weighted by molar-refractivity contribution is 5.70. The van der Waals surface area contributed by atoms with Crippen LogP contribution in [0, 0.1) is 0 Å². The Kier molecular flexibility index (Phi) is 49.0. The zero-order valence-corrected chi connectivity index (χ0v) is 45.2. The Balaban J connectivity index is 4.00. The van der Waals surface area contributed by atoms with Crippen LogP contribution in [0.1, 0.15) is 264 Å². The molecule has 0 heterocycles. The number of ether oxygens (including phenoxy) is 4. The lowest BCUT2D eigenvalue weighted by atomic mass is 10.0. The van der Waals surface area contributed by atoms with E-state index >= 15 is 0 Å². The van der Waals surface area contributed by atoms with Crippen molar-refractivity contribution in [2.24, 2.45) is 0 Å². The predicted octanol–water partition coefficient (Wildman–Crippen LogP) is 15.2. The lowest BCUT2D eigenvalue weighted by molar-refractivity contribution is -0.870. The van der Waals surface area contributed by atoms with Gasteiger partial charge in [-0.25, -0.2) is 0 Å². The quantitative estimate of drug-likeness (QED) is 0.0195. The minimum absolute atomic E-state index is 0.148. The fourth-order valence-electron chi connectivity index (χ4n) is 8.16. The number of carboxylic acid groups (broad SMARTS) is 1. The number of carboxylic acids is 1. The van der Waals surface area contributed by atoms with Gasteiger partial charge in [-0.1, -0.05) is 224 Å². The normalized spacial score (nSPS) is 13.0. The molecule has 0 aromatic rings. The number of esters is 2. The van der Waals surface area contributed by atoms with E-state index in [4.69, 9.17) is 18.9 Å². The minimum atomic E-state index is -1.62. The molecule has 0 radical (unpaired) electrons. The van der Waals surface area contributed by atoms with Crippen LogP contribution in [0.25, 0.3) is 0 Å². The third kappa shape index (κ3) is 51.4. The Labute approximate surface area is 420 Å². The number of aliphatic carboxylic acids is 1. The second kappa shape index (κ2) is 50.9. The molecule has 0 aliphatic heterocycles. The van der Waals surface area contributed by atoms with Gasteiger partial charge in [0.25, 0.3) is 0 Å². The van der Waals surface area contributed by atoms with Crippen LogP contribution in [0.4, 0.5) is 0 Å². The Morgan fingerprint density at radius 3 is 1.24 bits per heavy atom. The van der Waals surface area contributed by atoms with E-state index in [-0.39, 0.29) is 38.6 Å². The van der Waals surface area contributed by atoms with Crippen molar-refractivity contribution in [1.82, 2.24) is 0 Å². The third-order valence-corrected chi connectivity index (χ3v) is 12.6. The molecule has 0 aliphatic carbocycles. The summed E-state index contributed by atoms with van der Waals surface area (Å²) < 4.78 is 22.6. The molecule has 2 atom stereocenters. The van der Waals surface area contributed by atoms with Crippen molar-refractivity contribution in [3.05, 3.63) is 36.5 Å². The van der Waals surface area contributed by atoms with Gasteiger partial charge in [-0.15, -0.1) is 0 Å². The standard InChI is InChI=1S/C59H109NO8/c1-6-8-10-12-14-16-18-19-20-21-22-23-24-25-26-27-28-29-30-31-32-33-34-35-36-37-38-39-40-42-44-46-48-50-57(62)68-55(54-67-59(58(63)64)65-52-51-60(3,4)5)53-66-56(61)49-47-45-43-41-17-15-13-11-9-7-2/h11,13,18-19,21-22,55,59H,6-10,12,14-17,20,23-54H2,1-5H3/b13-11-,19-18-,22-21-. The summed E-state index contributed by atoms with van der Waals surface area (Å²) >= 11 is 0. The molecule has 68 heavy (non-hydrogen) atoms. The topological polar surface area (TPSA) is 111 Å². The zero-order valence-electron chi connectivity index (χ0n) is 45.2. The molecule has 0 fully saturated rings. The molecule has 0 rings (SSSR count). The van der Waals surface area contributed by atoms with Crippen molar-refractivity contribution in [2.45, 2.75) is 277 Å². The maximum absolute atomic E-state index is 12.8. The molecule has 0 bridgehead atoms. The first-order chi connectivity index (χ1) is 33.1. The highest BCUT2D eigenvalue weighted by Gasteiger charge is 2.22. The predicted molar refractivity (Wildman–Crippen MR) is 283 cm³/mol. The van der Waals surface area contributed by atoms with Crippen LogP contribution in [0.2, 0.25) is 0 Å². The van der Waals surface area contributed by atoms with Crippen LogP contribution < -0.4 is 5.11 Å². The molecule has 0 saturated carbocycles. The van der Waals surface area contributed by atoms with Crippen molar-refractivity contribution in [2.75, 3.05) is 47.5 Å². The lowest BCUT2D eigenvalue weighted by Gasteiger charge is -2.26. The van der Waals surface area contributed by atoms with Gasteiger partial charge >= 0.3 is 11.9 Å². The molecule has 9 nitrogen and oxygen atoms in total.